The fourth-order valence-corrected chi connectivity index (χ4v) is 1.10. The molecule has 5 nitrogen and oxygen atoms in total. The Labute approximate surface area is 95.3 Å². The van der Waals surface area contributed by atoms with Crippen molar-refractivity contribution in [1.82, 2.24) is 15.5 Å². The van der Waals surface area contributed by atoms with Crippen molar-refractivity contribution in [3.63, 3.8) is 0 Å². The van der Waals surface area contributed by atoms with Crippen molar-refractivity contribution in [2.24, 2.45) is 5.92 Å². The summed E-state index contributed by atoms with van der Waals surface area (Å²) in [4.78, 5) is 11.5. The maximum atomic E-state index is 11.5. The molecule has 1 heterocycles. The highest BCUT2D eigenvalue weighted by molar-refractivity contribution is 5.78. The summed E-state index contributed by atoms with van der Waals surface area (Å²) in [5.74, 6) is -0.0230. The van der Waals surface area contributed by atoms with Crippen molar-refractivity contribution in [2.75, 3.05) is 6.54 Å². The van der Waals surface area contributed by atoms with E-state index in [1.807, 2.05) is 13.8 Å². The van der Waals surface area contributed by atoms with E-state index >= 15 is 0 Å². The summed E-state index contributed by atoms with van der Waals surface area (Å²) < 4.78 is 0. The molecule has 0 radical (unpaired) electrons. The molecule has 0 aliphatic heterocycles. The number of carbonyl (C=O) groups is 1. The van der Waals surface area contributed by atoms with E-state index in [9.17, 15) is 9.90 Å². The lowest BCUT2D eigenvalue weighted by Gasteiger charge is -2.27. The Balaban J connectivity index is 2.36. The third kappa shape index (κ3) is 3.66. The quantitative estimate of drug-likeness (QED) is 0.682. The zero-order chi connectivity index (χ0) is 12.2. The van der Waals surface area contributed by atoms with Crippen LogP contribution in [-0.4, -0.2) is 33.4 Å². The predicted octanol–water partition coefficient (Wildman–Crippen LogP) is 0.475. The van der Waals surface area contributed by atoms with Crippen molar-refractivity contribution in [2.45, 2.75) is 32.8 Å². The summed E-state index contributed by atoms with van der Waals surface area (Å²) in [5, 5.41) is 19.1. The first-order valence-corrected chi connectivity index (χ1v) is 5.39. The van der Waals surface area contributed by atoms with E-state index in [0.29, 0.717) is 0 Å². The maximum Gasteiger partial charge on any atom is 0.226 e. The molecule has 0 aromatic carbocycles. The molecule has 0 saturated heterocycles. The molecule has 1 atom stereocenters. The van der Waals surface area contributed by atoms with Crippen molar-refractivity contribution < 1.29 is 9.90 Å². The van der Waals surface area contributed by atoms with Gasteiger partial charge in [0, 0.05) is 18.4 Å². The summed E-state index contributed by atoms with van der Waals surface area (Å²) in [7, 11) is 0. The highest BCUT2D eigenvalue weighted by atomic mass is 16.3. The maximum absolute atomic E-state index is 11.5. The fraction of sp³-hybridized carbons (Fsp3) is 0.636. The number of H-pyrrole nitrogens is 1. The molecular weight excluding hydrogens is 206 g/mol. The van der Waals surface area contributed by atoms with E-state index in [2.05, 4.69) is 15.5 Å². The summed E-state index contributed by atoms with van der Waals surface area (Å²) in [5.41, 5.74) is -0.106. The van der Waals surface area contributed by atoms with Crippen LogP contribution in [-0.2, 0) is 11.2 Å². The number of nitrogens with one attached hydrogen (secondary N) is 2. The molecule has 3 N–H and O–H groups in total. The lowest BCUT2D eigenvalue weighted by molar-refractivity contribution is -0.122. The van der Waals surface area contributed by atoms with Crippen LogP contribution in [0.25, 0.3) is 0 Å². The van der Waals surface area contributed by atoms with Crippen molar-refractivity contribution in [1.29, 1.82) is 0 Å². The molecule has 5 heteroatoms. The number of rotatable bonds is 5. The number of aliphatic hydroxyl groups is 1. The molecule has 1 aromatic rings. The van der Waals surface area contributed by atoms with Crippen molar-refractivity contribution >= 4 is 5.91 Å². The van der Waals surface area contributed by atoms with Crippen LogP contribution in [0.1, 0.15) is 26.5 Å². The summed E-state index contributed by atoms with van der Waals surface area (Å²) in [6, 6.07) is 1.75. The third-order valence-corrected chi connectivity index (χ3v) is 2.80. The van der Waals surface area contributed by atoms with Gasteiger partial charge in [-0.3, -0.25) is 9.89 Å². The average Bonchev–Trinajstić information content (AvgIpc) is 2.67. The van der Waals surface area contributed by atoms with E-state index in [4.69, 9.17) is 0 Å². The first kappa shape index (κ1) is 12.7. The van der Waals surface area contributed by atoms with Gasteiger partial charge in [0.25, 0.3) is 0 Å². The molecule has 0 bridgehead atoms. The Morgan fingerprint density at radius 1 is 1.69 bits per heavy atom. The van der Waals surface area contributed by atoms with E-state index < -0.39 is 5.60 Å². The minimum atomic E-state index is -0.871. The Hall–Kier alpha value is -1.36. The van der Waals surface area contributed by atoms with E-state index in [-0.39, 0.29) is 24.8 Å². The van der Waals surface area contributed by atoms with E-state index in [1.54, 1.807) is 19.2 Å². The van der Waals surface area contributed by atoms with Gasteiger partial charge in [-0.15, -0.1) is 0 Å². The van der Waals surface area contributed by atoms with Crippen LogP contribution < -0.4 is 5.32 Å². The molecule has 1 unspecified atom stereocenters. The first-order chi connectivity index (χ1) is 7.42. The highest BCUT2D eigenvalue weighted by Crippen LogP contribution is 2.14. The second kappa shape index (κ2) is 5.12. The highest BCUT2D eigenvalue weighted by Gasteiger charge is 2.25. The van der Waals surface area contributed by atoms with Crippen LogP contribution in [0.2, 0.25) is 0 Å². The molecule has 1 aromatic heterocycles. The third-order valence-electron chi connectivity index (χ3n) is 2.80. The average molecular weight is 225 g/mol. The Morgan fingerprint density at radius 3 is 2.88 bits per heavy atom. The first-order valence-electron chi connectivity index (χ1n) is 5.39. The molecule has 0 fully saturated rings. The normalized spacial score (nSPS) is 14.8. The van der Waals surface area contributed by atoms with Crippen LogP contribution in [0, 0.1) is 5.92 Å². The lowest BCUT2D eigenvalue weighted by Crippen LogP contribution is -2.44. The number of aromatic amines is 1. The molecule has 16 heavy (non-hydrogen) atoms. The largest absolute Gasteiger partial charge is 0.388 e. The zero-order valence-corrected chi connectivity index (χ0v) is 9.95. The number of aromatic nitrogens is 2. The van der Waals surface area contributed by atoms with Gasteiger partial charge in [0.1, 0.15) is 0 Å². The van der Waals surface area contributed by atoms with Crippen molar-refractivity contribution in [3.05, 3.63) is 18.0 Å². The SMILES string of the molecule is CC(C)C(C)(O)CNC(=O)Cc1ccn[nH]1. The van der Waals surface area contributed by atoms with Gasteiger partial charge in [0.15, 0.2) is 0 Å². The Kier molecular flexibility index (Phi) is 4.06. The molecule has 90 valence electrons. The smallest absolute Gasteiger partial charge is 0.226 e. The molecule has 1 amide bonds. The topological polar surface area (TPSA) is 78.0 Å². The standard InChI is InChI=1S/C11H19N3O2/c1-8(2)11(3,16)7-12-10(15)6-9-4-5-13-14-9/h4-5,8,16H,6-7H2,1-3H3,(H,12,15)(H,13,14). The number of nitrogens with zero attached hydrogens (tertiary/aromatic N) is 1. The summed E-state index contributed by atoms with van der Waals surface area (Å²) in [6.45, 7) is 5.81. The second-order valence-corrected chi connectivity index (χ2v) is 4.55. The van der Waals surface area contributed by atoms with Crippen LogP contribution in [0.4, 0.5) is 0 Å². The Morgan fingerprint density at radius 2 is 2.38 bits per heavy atom. The minimum absolute atomic E-state index is 0.0972. The minimum Gasteiger partial charge on any atom is -0.388 e. The summed E-state index contributed by atoms with van der Waals surface area (Å²) in [6.07, 6.45) is 1.86. The molecule has 0 saturated carbocycles. The molecule has 0 spiro atoms. The van der Waals surface area contributed by atoms with Crippen LogP contribution in [0.5, 0.6) is 0 Å². The van der Waals surface area contributed by atoms with Crippen LogP contribution in [0.3, 0.4) is 0 Å². The number of hydrogen-bond donors (Lipinski definition) is 3. The fourth-order valence-electron chi connectivity index (χ4n) is 1.10. The number of carbonyl (C=O) groups excluding carboxylic acids is 1. The van der Waals surface area contributed by atoms with Crippen LogP contribution in [0.15, 0.2) is 12.3 Å². The van der Waals surface area contributed by atoms with Gasteiger partial charge in [-0.2, -0.15) is 5.10 Å². The van der Waals surface area contributed by atoms with Gasteiger partial charge in [0.2, 0.25) is 5.91 Å². The van der Waals surface area contributed by atoms with Crippen LogP contribution >= 0.6 is 0 Å². The summed E-state index contributed by atoms with van der Waals surface area (Å²) >= 11 is 0. The van der Waals surface area contributed by atoms with Crippen molar-refractivity contribution in [3.8, 4) is 0 Å². The van der Waals surface area contributed by atoms with Gasteiger partial charge in [-0.1, -0.05) is 13.8 Å². The van der Waals surface area contributed by atoms with Gasteiger partial charge in [0.05, 0.1) is 12.0 Å². The Bertz CT molecular complexity index is 331. The van der Waals surface area contributed by atoms with Gasteiger partial charge < -0.3 is 10.4 Å². The molecular formula is C11H19N3O2. The predicted molar refractivity (Wildman–Crippen MR) is 60.8 cm³/mol. The number of amides is 1. The lowest BCUT2D eigenvalue weighted by atomic mass is 9.92. The monoisotopic (exact) mass is 225 g/mol. The van der Waals surface area contributed by atoms with Gasteiger partial charge in [-0.05, 0) is 18.9 Å². The number of hydrogen-bond acceptors (Lipinski definition) is 3. The molecule has 1 rings (SSSR count). The second-order valence-electron chi connectivity index (χ2n) is 4.55. The molecule has 0 aliphatic carbocycles. The molecule has 0 aliphatic rings. The van der Waals surface area contributed by atoms with E-state index in [0.717, 1.165) is 5.69 Å². The zero-order valence-electron chi connectivity index (χ0n) is 9.95. The van der Waals surface area contributed by atoms with Gasteiger partial charge in [-0.25, -0.2) is 0 Å². The van der Waals surface area contributed by atoms with Gasteiger partial charge >= 0.3 is 0 Å². The van der Waals surface area contributed by atoms with E-state index in [1.165, 1.54) is 0 Å².